The highest BCUT2D eigenvalue weighted by Crippen LogP contribution is 2.43. The lowest BCUT2D eigenvalue weighted by Crippen LogP contribution is -2.47. The minimum atomic E-state index is -0.808. The number of rotatable bonds is 7. The van der Waals surface area contributed by atoms with E-state index in [1.807, 2.05) is 43.3 Å². The van der Waals surface area contributed by atoms with E-state index in [2.05, 4.69) is 0 Å². The van der Waals surface area contributed by atoms with Gasteiger partial charge in [0, 0.05) is 34.9 Å². The predicted octanol–water partition coefficient (Wildman–Crippen LogP) is 5.76. The van der Waals surface area contributed by atoms with Crippen LogP contribution >= 0.6 is 11.6 Å². The fourth-order valence-corrected chi connectivity index (χ4v) is 4.81. The van der Waals surface area contributed by atoms with Gasteiger partial charge in [-0.25, -0.2) is 0 Å². The molecule has 4 rings (SSSR count). The topological polar surface area (TPSA) is 92.9 Å². The zero-order valence-corrected chi connectivity index (χ0v) is 22.7. The van der Waals surface area contributed by atoms with Gasteiger partial charge in [0.15, 0.2) is 0 Å². The Hall–Kier alpha value is -3.84. The van der Waals surface area contributed by atoms with Gasteiger partial charge in [-0.2, -0.15) is 0 Å². The molecule has 0 spiro atoms. The van der Waals surface area contributed by atoms with Crippen LogP contribution in [0.25, 0.3) is 0 Å². The number of anilines is 2. The molecule has 2 N–H and O–H groups in total. The molecule has 7 nitrogen and oxygen atoms in total. The largest absolute Gasteiger partial charge is 0.492 e. The molecule has 0 radical (unpaired) electrons. The first-order valence-corrected chi connectivity index (χ1v) is 12.9. The molecule has 198 valence electrons. The van der Waals surface area contributed by atoms with E-state index >= 15 is 0 Å². The van der Waals surface area contributed by atoms with E-state index < -0.39 is 11.3 Å². The summed E-state index contributed by atoms with van der Waals surface area (Å²) in [5.41, 5.74) is 7.54. The third kappa shape index (κ3) is 5.53. The summed E-state index contributed by atoms with van der Waals surface area (Å²) in [6.45, 7) is 7.11. The average molecular weight is 534 g/mol. The summed E-state index contributed by atoms with van der Waals surface area (Å²) in [5.74, 6) is -0.134. The first kappa shape index (κ1) is 27.2. The van der Waals surface area contributed by atoms with Gasteiger partial charge in [-0.15, -0.1) is 0 Å². The van der Waals surface area contributed by atoms with Gasteiger partial charge in [-0.05, 0) is 87.4 Å². The quantitative estimate of drug-likeness (QED) is 0.417. The van der Waals surface area contributed by atoms with Crippen molar-refractivity contribution in [1.82, 2.24) is 0 Å². The summed E-state index contributed by atoms with van der Waals surface area (Å²) in [4.78, 5) is 41.7. The number of amides is 3. The van der Waals surface area contributed by atoms with E-state index in [4.69, 9.17) is 22.1 Å². The molecule has 0 fully saturated rings. The normalized spacial score (nSPS) is 16.9. The molecule has 1 aliphatic rings. The van der Waals surface area contributed by atoms with Crippen molar-refractivity contribution in [2.45, 2.75) is 46.2 Å². The van der Waals surface area contributed by atoms with Crippen molar-refractivity contribution in [1.29, 1.82) is 0 Å². The molecule has 0 saturated carbocycles. The summed E-state index contributed by atoms with van der Waals surface area (Å²) < 4.78 is 5.73. The van der Waals surface area contributed by atoms with Crippen molar-refractivity contribution in [3.05, 3.63) is 88.9 Å². The highest BCUT2D eigenvalue weighted by molar-refractivity contribution is 6.30. The summed E-state index contributed by atoms with van der Waals surface area (Å²) in [7, 11) is 0. The number of carbonyl (C=O) groups is 3. The fraction of sp³-hybridized carbons (Fsp3) is 0.300. The lowest BCUT2D eigenvalue weighted by atomic mass is 9.89. The Bertz CT molecular complexity index is 1340. The second-order valence-electron chi connectivity index (χ2n) is 10.3. The molecule has 8 heteroatoms. The lowest BCUT2D eigenvalue weighted by molar-refractivity contribution is -0.127. The zero-order chi connectivity index (χ0) is 27.6. The van der Waals surface area contributed by atoms with Crippen LogP contribution in [-0.2, 0) is 9.59 Å². The Morgan fingerprint density at radius 3 is 2.26 bits per heavy atom. The molecule has 2 atom stereocenters. The highest BCUT2D eigenvalue weighted by atomic mass is 35.5. The van der Waals surface area contributed by atoms with Crippen molar-refractivity contribution < 1.29 is 19.1 Å². The molecule has 38 heavy (non-hydrogen) atoms. The SMILES string of the molecule is CC(=O)N(c1ccc(Cl)cc1)C1CC(C)N(C(=O)c2ccc(OCC(C)(C)C(N)=O)cc2)c2ccccc21. The Labute approximate surface area is 228 Å². The number of halogens is 1. The van der Waals surface area contributed by atoms with Gasteiger partial charge in [0.2, 0.25) is 11.8 Å². The van der Waals surface area contributed by atoms with E-state index in [1.165, 1.54) is 0 Å². The van der Waals surface area contributed by atoms with Crippen molar-refractivity contribution in [2.75, 3.05) is 16.4 Å². The van der Waals surface area contributed by atoms with Crippen molar-refractivity contribution in [2.24, 2.45) is 11.1 Å². The van der Waals surface area contributed by atoms with Gasteiger partial charge in [-0.3, -0.25) is 14.4 Å². The third-order valence-electron chi connectivity index (χ3n) is 6.90. The number of nitrogens with two attached hydrogens (primary N) is 1. The standard InChI is InChI=1S/C30H32ClN3O4/c1-19-17-27(34(20(2)35)23-13-11-22(31)12-14-23)25-7-5-6-8-26(25)33(19)28(36)21-9-15-24(16-10-21)38-18-30(3,4)29(32)37/h5-16,19,27H,17-18H2,1-4H3,(H2,32,37). The van der Waals surface area contributed by atoms with Gasteiger partial charge in [0.1, 0.15) is 12.4 Å². The van der Waals surface area contributed by atoms with Gasteiger partial charge in [0.05, 0.1) is 11.5 Å². The zero-order valence-electron chi connectivity index (χ0n) is 22.0. The molecule has 1 heterocycles. The minimum absolute atomic E-state index is 0.0887. The molecular formula is C30H32ClN3O4. The van der Waals surface area contributed by atoms with Gasteiger partial charge < -0.3 is 20.3 Å². The molecular weight excluding hydrogens is 502 g/mol. The fourth-order valence-electron chi connectivity index (χ4n) is 4.69. The van der Waals surface area contributed by atoms with Crippen LogP contribution in [0.1, 0.15) is 56.1 Å². The number of benzene rings is 3. The maximum atomic E-state index is 13.7. The predicted molar refractivity (Wildman–Crippen MR) is 150 cm³/mol. The Morgan fingerprint density at radius 1 is 1.03 bits per heavy atom. The van der Waals surface area contributed by atoms with Crippen molar-refractivity contribution in [3.63, 3.8) is 0 Å². The summed E-state index contributed by atoms with van der Waals surface area (Å²) in [6, 6.07) is 21.3. The molecule has 2 unspecified atom stereocenters. The van der Waals surface area contributed by atoms with Crippen molar-refractivity contribution in [3.8, 4) is 5.75 Å². The Kier molecular flexibility index (Phi) is 7.78. The monoisotopic (exact) mass is 533 g/mol. The first-order valence-electron chi connectivity index (χ1n) is 12.5. The molecule has 3 aromatic carbocycles. The van der Waals surface area contributed by atoms with E-state index in [1.54, 1.807) is 67.0 Å². The number of ether oxygens (including phenoxy) is 1. The lowest BCUT2D eigenvalue weighted by Gasteiger charge is -2.43. The molecule has 3 amide bonds. The van der Waals surface area contributed by atoms with Crippen molar-refractivity contribution >= 4 is 40.7 Å². The van der Waals surface area contributed by atoms with Gasteiger partial charge in [0.25, 0.3) is 5.91 Å². The second-order valence-corrected chi connectivity index (χ2v) is 10.7. The van der Waals surface area contributed by atoms with E-state index in [9.17, 15) is 14.4 Å². The molecule has 1 aliphatic heterocycles. The van der Waals surface area contributed by atoms with Gasteiger partial charge >= 0.3 is 0 Å². The van der Waals surface area contributed by atoms with Gasteiger partial charge in [-0.1, -0.05) is 29.8 Å². The number of fused-ring (bicyclic) bond motifs is 1. The number of hydrogen-bond acceptors (Lipinski definition) is 4. The smallest absolute Gasteiger partial charge is 0.258 e. The van der Waals surface area contributed by atoms with Crippen LogP contribution in [0.4, 0.5) is 11.4 Å². The van der Waals surface area contributed by atoms with Crippen LogP contribution in [0, 0.1) is 5.41 Å². The van der Waals surface area contributed by atoms with E-state index in [-0.39, 0.29) is 30.5 Å². The first-order chi connectivity index (χ1) is 18.0. The number of nitrogens with zero attached hydrogens (tertiary/aromatic N) is 2. The Balaban J connectivity index is 1.61. The number of para-hydroxylation sites is 1. The number of carbonyl (C=O) groups excluding carboxylic acids is 3. The van der Waals surface area contributed by atoms with Crippen LogP contribution in [-0.4, -0.2) is 30.4 Å². The third-order valence-corrected chi connectivity index (χ3v) is 7.15. The van der Waals surface area contributed by atoms with Crippen LogP contribution < -0.4 is 20.3 Å². The summed E-state index contributed by atoms with van der Waals surface area (Å²) >= 11 is 6.08. The maximum Gasteiger partial charge on any atom is 0.258 e. The minimum Gasteiger partial charge on any atom is -0.492 e. The molecule has 0 aromatic heterocycles. The van der Waals surface area contributed by atoms with E-state index in [0.29, 0.717) is 22.8 Å². The number of primary amides is 1. The van der Waals surface area contributed by atoms with E-state index in [0.717, 1.165) is 16.9 Å². The van der Waals surface area contributed by atoms with Crippen LogP contribution in [0.2, 0.25) is 5.02 Å². The molecule has 0 bridgehead atoms. The van der Waals surface area contributed by atoms with Crippen LogP contribution in [0.5, 0.6) is 5.75 Å². The number of hydrogen-bond donors (Lipinski definition) is 1. The molecule has 3 aromatic rings. The Morgan fingerprint density at radius 2 is 1.66 bits per heavy atom. The van der Waals surface area contributed by atoms with Crippen LogP contribution in [0.3, 0.4) is 0 Å². The highest BCUT2D eigenvalue weighted by Gasteiger charge is 2.38. The summed E-state index contributed by atoms with van der Waals surface area (Å²) in [6.07, 6.45) is 0.564. The maximum absolute atomic E-state index is 13.7. The average Bonchev–Trinajstić information content (AvgIpc) is 2.88. The molecule has 0 aliphatic carbocycles. The van der Waals surface area contributed by atoms with Crippen LogP contribution in [0.15, 0.2) is 72.8 Å². The summed E-state index contributed by atoms with van der Waals surface area (Å²) in [5, 5.41) is 0.597. The molecule has 0 saturated heterocycles. The second kappa shape index (κ2) is 10.9.